The van der Waals surface area contributed by atoms with Gasteiger partial charge in [0.1, 0.15) is 5.82 Å². The number of anilines is 1. The van der Waals surface area contributed by atoms with Crippen LogP contribution in [0, 0.1) is 5.82 Å². The number of hydrogen-bond acceptors (Lipinski definition) is 6. The van der Waals surface area contributed by atoms with Gasteiger partial charge in [-0.3, -0.25) is 14.4 Å². The first kappa shape index (κ1) is 25.3. The fourth-order valence-corrected chi connectivity index (χ4v) is 2.69. The van der Waals surface area contributed by atoms with E-state index in [9.17, 15) is 18.8 Å². The monoisotopic (exact) mass is 476 g/mol. The van der Waals surface area contributed by atoms with Crippen molar-refractivity contribution in [2.45, 2.75) is 6.92 Å². The van der Waals surface area contributed by atoms with Gasteiger partial charge in [-0.25, -0.2) is 9.82 Å². The van der Waals surface area contributed by atoms with Gasteiger partial charge >= 0.3 is 11.8 Å². The van der Waals surface area contributed by atoms with Crippen LogP contribution in [-0.4, -0.2) is 43.7 Å². The third kappa shape index (κ3) is 7.93. The largest absolute Gasteiger partial charge is 0.490 e. The normalized spacial score (nSPS) is 10.4. The highest BCUT2D eigenvalue weighted by Gasteiger charge is 2.15. The van der Waals surface area contributed by atoms with Gasteiger partial charge < -0.3 is 20.1 Å². The summed E-state index contributed by atoms with van der Waals surface area (Å²) < 4.78 is 24.7. The maximum atomic E-state index is 13.7. The number of nitrogens with zero attached hydrogens (tertiary/aromatic N) is 1. The van der Waals surface area contributed by atoms with E-state index in [2.05, 4.69) is 27.7 Å². The fraction of sp³-hybridized carbons (Fsp3) is 0.182. The van der Waals surface area contributed by atoms with E-state index in [0.717, 1.165) is 0 Å². The lowest BCUT2D eigenvalue weighted by molar-refractivity contribution is -0.139. The molecule has 0 atom stereocenters. The third-order valence-electron chi connectivity index (χ3n) is 3.82. The molecule has 0 aliphatic heterocycles. The number of hydrogen-bond donors (Lipinski definition) is 3. The summed E-state index contributed by atoms with van der Waals surface area (Å²) in [6, 6.07) is 8.71. The zero-order valence-corrected chi connectivity index (χ0v) is 18.4. The van der Waals surface area contributed by atoms with Crippen LogP contribution < -0.4 is 25.5 Å². The third-order valence-corrected chi connectivity index (χ3v) is 4.10. The average Bonchev–Trinajstić information content (AvgIpc) is 2.78. The molecule has 3 N–H and O–H groups in total. The standard InChI is InChI=1S/C22H22ClFN4O5/c1-3-9-25-21(30)22(31)28-26-12-14-10-15(23)20(18(11-14)32-4-2)33-13-19(29)27-17-8-6-5-7-16(17)24/h3,5-8,10-12H,1,4,9,13H2,2H3,(H,25,30)(H,27,29)(H,28,31)/b26-12-. The number of nitrogens with one attached hydrogen (secondary N) is 3. The molecule has 3 amide bonds. The van der Waals surface area contributed by atoms with E-state index in [1.807, 2.05) is 0 Å². The zero-order valence-electron chi connectivity index (χ0n) is 17.7. The summed E-state index contributed by atoms with van der Waals surface area (Å²) in [5, 5.41) is 8.52. The molecule has 0 aliphatic rings. The lowest BCUT2D eigenvalue weighted by Gasteiger charge is -2.14. The number of halogens is 2. The average molecular weight is 477 g/mol. The smallest absolute Gasteiger partial charge is 0.329 e. The highest BCUT2D eigenvalue weighted by Crippen LogP contribution is 2.36. The summed E-state index contributed by atoms with van der Waals surface area (Å²) in [5.74, 6) is -2.66. The van der Waals surface area contributed by atoms with Crippen LogP contribution in [0.25, 0.3) is 0 Å². The highest BCUT2D eigenvalue weighted by atomic mass is 35.5. The molecule has 0 unspecified atom stereocenters. The molecule has 0 heterocycles. The molecule has 0 bridgehead atoms. The summed E-state index contributed by atoms with van der Waals surface area (Å²) in [7, 11) is 0. The molecule has 9 nitrogen and oxygen atoms in total. The predicted octanol–water partition coefficient (Wildman–Crippen LogP) is 2.65. The van der Waals surface area contributed by atoms with E-state index in [1.54, 1.807) is 13.0 Å². The summed E-state index contributed by atoms with van der Waals surface area (Å²) in [4.78, 5) is 35.2. The summed E-state index contributed by atoms with van der Waals surface area (Å²) >= 11 is 6.27. The van der Waals surface area contributed by atoms with Gasteiger partial charge in [0, 0.05) is 6.54 Å². The molecule has 11 heteroatoms. The Balaban J connectivity index is 2.05. The van der Waals surface area contributed by atoms with E-state index >= 15 is 0 Å². The summed E-state index contributed by atoms with van der Waals surface area (Å²) in [6.45, 7) is 5.14. The molecule has 0 saturated carbocycles. The predicted molar refractivity (Wildman–Crippen MR) is 122 cm³/mol. The van der Waals surface area contributed by atoms with Crippen molar-refractivity contribution >= 4 is 41.2 Å². The topological polar surface area (TPSA) is 118 Å². The van der Waals surface area contributed by atoms with Crippen molar-refractivity contribution in [3.05, 3.63) is 65.5 Å². The maximum absolute atomic E-state index is 13.7. The summed E-state index contributed by atoms with van der Waals surface area (Å²) in [6.07, 6.45) is 2.68. The number of ether oxygens (including phenoxy) is 2. The first-order valence-electron chi connectivity index (χ1n) is 9.71. The number of para-hydroxylation sites is 1. The van der Waals surface area contributed by atoms with Crippen molar-refractivity contribution in [2.75, 3.05) is 25.1 Å². The quantitative estimate of drug-likeness (QED) is 0.211. The lowest BCUT2D eigenvalue weighted by Crippen LogP contribution is -2.37. The minimum Gasteiger partial charge on any atom is -0.490 e. The SMILES string of the molecule is C=CCNC(=O)C(=O)N/N=C\c1cc(Cl)c(OCC(=O)Nc2ccccc2F)c(OCC)c1. The number of hydrazone groups is 1. The van der Waals surface area contributed by atoms with Crippen LogP contribution in [0.15, 0.2) is 54.2 Å². The highest BCUT2D eigenvalue weighted by molar-refractivity contribution is 6.35. The molecular formula is C22H22ClFN4O5. The number of carbonyl (C=O) groups excluding carboxylic acids is 3. The number of rotatable bonds is 10. The van der Waals surface area contributed by atoms with Crippen molar-refractivity contribution in [2.24, 2.45) is 5.10 Å². The van der Waals surface area contributed by atoms with Crippen LogP contribution in [0.1, 0.15) is 12.5 Å². The Hall–Kier alpha value is -3.92. The Kier molecular flexibility index (Phi) is 9.84. The molecule has 0 aliphatic carbocycles. The fourth-order valence-electron chi connectivity index (χ4n) is 2.41. The Morgan fingerprint density at radius 2 is 1.94 bits per heavy atom. The first-order valence-corrected chi connectivity index (χ1v) is 10.1. The second kappa shape index (κ2) is 12.8. The number of amides is 3. The van der Waals surface area contributed by atoms with Gasteiger partial charge in [-0.05, 0) is 36.8 Å². The Morgan fingerprint density at radius 3 is 2.64 bits per heavy atom. The molecule has 0 saturated heterocycles. The van der Waals surface area contributed by atoms with E-state index in [1.165, 1.54) is 42.6 Å². The van der Waals surface area contributed by atoms with Gasteiger partial charge in [0.15, 0.2) is 18.1 Å². The van der Waals surface area contributed by atoms with Gasteiger partial charge in [0.25, 0.3) is 5.91 Å². The van der Waals surface area contributed by atoms with Crippen LogP contribution in [0.3, 0.4) is 0 Å². The van der Waals surface area contributed by atoms with Crippen LogP contribution >= 0.6 is 11.6 Å². The Morgan fingerprint density at radius 1 is 1.18 bits per heavy atom. The molecule has 0 aromatic heterocycles. The van der Waals surface area contributed by atoms with Gasteiger partial charge in [0.2, 0.25) is 0 Å². The number of benzene rings is 2. The van der Waals surface area contributed by atoms with E-state index < -0.39 is 30.1 Å². The molecule has 2 aromatic rings. The van der Waals surface area contributed by atoms with E-state index in [0.29, 0.717) is 5.56 Å². The lowest BCUT2D eigenvalue weighted by atomic mass is 10.2. The zero-order chi connectivity index (χ0) is 24.2. The van der Waals surface area contributed by atoms with Gasteiger partial charge in [0.05, 0.1) is 23.5 Å². The molecule has 2 aromatic carbocycles. The molecular weight excluding hydrogens is 455 g/mol. The van der Waals surface area contributed by atoms with Gasteiger partial charge in [-0.1, -0.05) is 29.8 Å². The van der Waals surface area contributed by atoms with Crippen molar-refractivity contribution < 1.29 is 28.2 Å². The van der Waals surface area contributed by atoms with Crippen molar-refractivity contribution in [1.29, 1.82) is 0 Å². The second-order valence-electron chi connectivity index (χ2n) is 6.28. The minimum absolute atomic E-state index is 0.0222. The molecule has 0 radical (unpaired) electrons. The Bertz CT molecular complexity index is 1060. The van der Waals surface area contributed by atoms with Gasteiger partial charge in [-0.15, -0.1) is 6.58 Å². The summed E-state index contributed by atoms with van der Waals surface area (Å²) in [5.41, 5.74) is 2.53. The molecule has 2 rings (SSSR count). The maximum Gasteiger partial charge on any atom is 0.329 e. The van der Waals surface area contributed by atoms with Crippen molar-refractivity contribution in [1.82, 2.24) is 10.7 Å². The Labute approximate surface area is 194 Å². The van der Waals surface area contributed by atoms with E-state index in [-0.39, 0.29) is 35.4 Å². The van der Waals surface area contributed by atoms with Crippen LogP contribution in [0.4, 0.5) is 10.1 Å². The van der Waals surface area contributed by atoms with Crippen molar-refractivity contribution in [3.63, 3.8) is 0 Å². The molecule has 33 heavy (non-hydrogen) atoms. The number of carbonyl (C=O) groups is 3. The second-order valence-corrected chi connectivity index (χ2v) is 6.68. The van der Waals surface area contributed by atoms with Crippen LogP contribution in [0.5, 0.6) is 11.5 Å². The molecule has 174 valence electrons. The van der Waals surface area contributed by atoms with Crippen LogP contribution in [-0.2, 0) is 14.4 Å². The van der Waals surface area contributed by atoms with Gasteiger partial charge in [-0.2, -0.15) is 5.10 Å². The van der Waals surface area contributed by atoms with Crippen LogP contribution in [0.2, 0.25) is 5.02 Å². The first-order chi connectivity index (χ1) is 15.8. The van der Waals surface area contributed by atoms with Crippen molar-refractivity contribution in [3.8, 4) is 11.5 Å². The molecule has 0 spiro atoms. The molecule has 0 fully saturated rings. The minimum atomic E-state index is -0.954. The van der Waals surface area contributed by atoms with E-state index in [4.69, 9.17) is 21.1 Å².